The first-order valence-electron chi connectivity index (χ1n) is 9.72. The van der Waals surface area contributed by atoms with Gasteiger partial charge in [-0.25, -0.2) is 8.42 Å². The van der Waals surface area contributed by atoms with Gasteiger partial charge >= 0.3 is 0 Å². The summed E-state index contributed by atoms with van der Waals surface area (Å²) in [6, 6.07) is 8.85. The molecule has 29 heavy (non-hydrogen) atoms. The summed E-state index contributed by atoms with van der Waals surface area (Å²) in [5.74, 6) is 0.316. The van der Waals surface area contributed by atoms with Gasteiger partial charge in [-0.1, -0.05) is 26.0 Å². The van der Waals surface area contributed by atoms with Crippen molar-refractivity contribution in [3.63, 3.8) is 0 Å². The number of ether oxygens (including phenoxy) is 1. The maximum Gasteiger partial charge on any atom is 0.262 e. The van der Waals surface area contributed by atoms with Gasteiger partial charge in [0, 0.05) is 18.8 Å². The van der Waals surface area contributed by atoms with Crippen molar-refractivity contribution >= 4 is 21.6 Å². The molecule has 7 heteroatoms. The summed E-state index contributed by atoms with van der Waals surface area (Å²) in [6.07, 6.45) is 0. The average Bonchev–Trinajstić information content (AvgIpc) is 2.67. The molecule has 0 atom stereocenters. The normalized spacial score (nSPS) is 11.6. The number of nitrogens with zero attached hydrogens (tertiary/aromatic N) is 1. The van der Waals surface area contributed by atoms with Crippen molar-refractivity contribution in [2.75, 3.05) is 25.0 Å². The monoisotopic (exact) mass is 418 g/mol. The summed E-state index contributed by atoms with van der Waals surface area (Å²) >= 11 is 0. The molecule has 0 heterocycles. The number of hydrogen-bond acceptors (Lipinski definition) is 4. The molecule has 0 aliphatic rings. The predicted octanol–water partition coefficient (Wildman–Crippen LogP) is 3.97. The van der Waals surface area contributed by atoms with Crippen molar-refractivity contribution in [2.24, 2.45) is 0 Å². The van der Waals surface area contributed by atoms with Crippen LogP contribution in [0.15, 0.2) is 35.2 Å². The average molecular weight is 419 g/mol. The number of carbonyl (C=O) groups is 1. The highest BCUT2D eigenvalue weighted by molar-refractivity contribution is 7.89. The predicted molar refractivity (Wildman–Crippen MR) is 116 cm³/mol. The van der Waals surface area contributed by atoms with Crippen LogP contribution in [0.2, 0.25) is 0 Å². The van der Waals surface area contributed by atoms with E-state index in [0.717, 1.165) is 22.3 Å². The van der Waals surface area contributed by atoms with Crippen molar-refractivity contribution in [3.8, 4) is 5.75 Å². The molecule has 0 bridgehead atoms. The zero-order chi connectivity index (χ0) is 21.8. The maximum absolute atomic E-state index is 12.9. The fourth-order valence-electron chi connectivity index (χ4n) is 3.03. The molecule has 158 valence electrons. The van der Waals surface area contributed by atoms with Crippen LogP contribution in [-0.2, 0) is 14.8 Å². The Kier molecular flexibility index (Phi) is 7.43. The number of rotatable bonds is 8. The van der Waals surface area contributed by atoms with E-state index >= 15 is 0 Å². The zero-order valence-electron chi connectivity index (χ0n) is 18.0. The number of aryl methyl sites for hydroxylation is 2. The minimum Gasteiger partial charge on any atom is -0.483 e. The topological polar surface area (TPSA) is 75.7 Å². The van der Waals surface area contributed by atoms with Crippen LogP contribution in [-0.4, -0.2) is 38.3 Å². The van der Waals surface area contributed by atoms with Gasteiger partial charge in [0.2, 0.25) is 10.0 Å². The van der Waals surface area contributed by atoms with Crippen LogP contribution in [0, 0.1) is 27.7 Å². The third-order valence-electron chi connectivity index (χ3n) is 5.17. The Morgan fingerprint density at radius 2 is 1.66 bits per heavy atom. The van der Waals surface area contributed by atoms with Gasteiger partial charge in [-0.3, -0.25) is 4.79 Å². The van der Waals surface area contributed by atoms with Gasteiger partial charge in [0.1, 0.15) is 5.75 Å². The van der Waals surface area contributed by atoms with Crippen molar-refractivity contribution in [2.45, 2.75) is 46.4 Å². The van der Waals surface area contributed by atoms with Crippen molar-refractivity contribution in [3.05, 3.63) is 52.6 Å². The Balaban J connectivity index is 2.23. The van der Waals surface area contributed by atoms with Crippen LogP contribution in [0.1, 0.15) is 36.1 Å². The Hall–Kier alpha value is -2.38. The lowest BCUT2D eigenvalue weighted by Crippen LogP contribution is -2.31. The molecule has 0 radical (unpaired) electrons. The number of nitrogens with one attached hydrogen (secondary N) is 1. The minimum absolute atomic E-state index is 0.157. The number of carbonyl (C=O) groups excluding carboxylic acids is 1. The summed E-state index contributed by atoms with van der Waals surface area (Å²) in [6.45, 7) is 11.8. The Morgan fingerprint density at radius 1 is 1.00 bits per heavy atom. The highest BCUT2D eigenvalue weighted by Crippen LogP contribution is 2.26. The third kappa shape index (κ3) is 5.16. The van der Waals surface area contributed by atoms with Crippen molar-refractivity contribution < 1.29 is 17.9 Å². The van der Waals surface area contributed by atoms with Gasteiger partial charge in [-0.05, 0) is 68.1 Å². The lowest BCUT2D eigenvalue weighted by atomic mass is 10.1. The summed E-state index contributed by atoms with van der Waals surface area (Å²) in [7, 11) is -3.61. The van der Waals surface area contributed by atoms with Gasteiger partial charge in [0.15, 0.2) is 6.61 Å². The van der Waals surface area contributed by atoms with Gasteiger partial charge in [-0.15, -0.1) is 0 Å². The first-order valence-corrected chi connectivity index (χ1v) is 11.2. The van der Waals surface area contributed by atoms with E-state index in [-0.39, 0.29) is 17.4 Å². The van der Waals surface area contributed by atoms with Crippen LogP contribution in [0.3, 0.4) is 0 Å². The van der Waals surface area contributed by atoms with Gasteiger partial charge in [0.25, 0.3) is 5.91 Å². The standard InChI is InChI=1S/C22H30N2O4S/c1-7-24(8-2)29(26,27)19-12-16(4)17(5)20(13-19)23-22(25)14-28-21-11-9-10-15(3)18(21)6/h9-13H,7-8,14H2,1-6H3,(H,23,25). The van der Waals surface area contributed by atoms with E-state index in [1.165, 1.54) is 10.4 Å². The number of amides is 1. The molecular formula is C22H30N2O4S. The fourth-order valence-corrected chi connectivity index (χ4v) is 4.60. The minimum atomic E-state index is -3.61. The first-order chi connectivity index (χ1) is 13.6. The summed E-state index contributed by atoms with van der Waals surface area (Å²) in [5, 5.41) is 2.80. The van der Waals surface area contributed by atoms with E-state index in [0.29, 0.717) is 24.5 Å². The SMILES string of the molecule is CCN(CC)S(=O)(=O)c1cc(C)c(C)c(NC(=O)COc2cccc(C)c2C)c1. The van der Waals surface area contributed by atoms with E-state index in [4.69, 9.17) is 4.74 Å². The molecule has 0 aliphatic heterocycles. The third-order valence-corrected chi connectivity index (χ3v) is 7.20. The van der Waals surface area contributed by atoms with E-state index in [1.807, 2.05) is 45.9 Å². The number of sulfonamides is 1. The summed E-state index contributed by atoms with van der Waals surface area (Å²) in [4.78, 5) is 12.6. The van der Waals surface area contributed by atoms with E-state index in [2.05, 4.69) is 5.32 Å². The largest absolute Gasteiger partial charge is 0.483 e. The molecule has 0 saturated carbocycles. The zero-order valence-corrected chi connectivity index (χ0v) is 18.8. The Morgan fingerprint density at radius 3 is 2.28 bits per heavy atom. The molecule has 0 spiro atoms. The Labute approximate surface area is 173 Å². The summed E-state index contributed by atoms with van der Waals surface area (Å²) in [5.41, 5.74) is 4.17. The summed E-state index contributed by atoms with van der Waals surface area (Å²) < 4.78 is 32.8. The maximum atomic E-state index is 12.9. The lowest BCUT2D eigenvalue weighted by molar-refractivity contribution is -0.118. The number of benzene rings is 2. The highest BCUT2D eigenvalue weighted by atomic mass is 32.2. The molecule has 1 amide bonds. The van der Waals surface area contributed by atoms with E-state index in [1.54, 1.807) is 19.9 Å². The molecule has 0 unspecified atom stereocenters. The second-order valence-corrected chi connectivity index (χ2v) is 8.97. The van der Waals surface area contributed by atoms with Crippen LogP contribution >= 0.6 is 0 Å². The molecule has 0 aromatic heterocycles. The highest BCUT2D eigenvalue weighted by Gasteiger charge is 2.23. The molecule has 0 saturated heterocycles. The second-order valence-electron chi connectivity index (χ2n) is 7.04. The number of hydrogen-bond donors (Lipinski definition) is 1. The molecule has 2 aromatic carbocycles. The van der Waals surface area contributed by atoms with Crippen molar-refractivity contribution in [1.29, 1.82) is 0 Å². The second kappa shape index (κ2) is 9.41. The molecule has 0 aliphatic carbocycles. The van der Waals surface area contributed by atoms with Crippen LogP contribution in [0.5, 0.6) is 5.75 Å². The van der Waals surface area contributed by atoms with E-state index < -0.39 is 10.0 Å². The fraction of sp³-hybridized carbons (Fsp3) is 0.409. The van der Waals surface area contributed by atoms with Crippen LogP contribution in [0.4, 0.5) is 5.69 Å². The molecule has 0 fully saturated rings. The first kappa shape index (κ1) is 22.9. The van der Waals surface area contributed by atoms with Gasteiger partial charge in [-0.2, -0.15) is 4.31 Å². The Bertz CT molecular complexity index is 996. The number of anilines is 1. The smallest absolute Gasteiger partial charge is 0.262 e. The molecule has 2 aromatic rings. The van der Waals surface area contributed by atoms with E-state index in [9.17, 15) is 13.2 Å². The quantitative estimate of drug-likeness (QED) is 0.704. The molecular weight excluding hydrogens is 388 g/mol. The molecule has 2 rings (SSSR count). The lowest BCUT2D eigenvalue weighted by Gasteiger charge is -2.20. The van der Waals surface area contributed by atoms with Crippen LogP contribution < -0.4 is 10.1 Å². The van der Waals surface area contributed by atoms with Crippen molar-refractivity contribution in [1.82, 2.24) is 4.31 Å². The van der Waals surface area contributed by atoms with Gasteiger partial charge in [0.05, 0.1) is 4.90 Å². The molecule has 1 N–H and O–H groups in total. The molecule has 6 nitrogen and oxygen atoms in total. The van der Waals surface area contributed by atoms with Crippen LogP contribution in [0.25, 0.3) is 0 Å². The van der Waals surface area contributed by atoms with Gasteiger partial charge < -0.3 is 10.1 Å².